The highest BCUT2D eigenvalue weighted by Crippen LogP contribution is 2.46. The van der Waals surface area contributed by atoms with Crippen LogP contribution in [0.3, 0.4) is 0 Å². The van der Waals surface area contributed by atoms with Crippen LogP contribution in [-0.4, -0.2) is 4.57 Å². The fourth-order valence-electron chi connectivity index (χ4n) is 8.26. The van der Waals surface area contributed by atoms with E-state index in [-0.39, 0.29) is 5.92 Å². The number of rotatable bonds is 5. The molecule has 1 aromatic heterocycles. The van der Waals surface area contributed by atoms with Crippen molar-refractivity contribution in [2.45, 2.75) is 12.3 Å². The van der Waals surface area contributed by atoms with Crippen molar-refractivity contribution in [2.24, 2.45) is 0 Å². The number of anilines is 3. The fourth-order valence-corrected chi connectivity index (χ4v) is 8.26. The van der Waals surface area contributed by atoms with Gasteiger partial charge in [0.2, 0.25) is 0 Å². The average molecular weight is 639 g/mol. The van der Waals surface area contributed by atoms with Crippen LogP contribution in [0.1, 0.15) is 29.2 Å². The molecule has 0 N–H and O–H groups in total. The van der Waals surface area contributed by atoms with Crippen LogP contribution in [0.25, 0.3) is 55.0 Å². The molecule has 10 rings (SSSR count). The lowest BCUT2D eigenvalue weighted by Gasteiger charge is -2.28. The Labute approximate surface area is 291 Å². The van der Waals surface area contributed by atoms with E-state index in [1.165, 1.54) is 65.7 Å². The van der Waals surface area contributed by atoms with Gasteiger partial charge in [0.25, 0.3) is 0 Å². The molecule has 1 atom stereocenters. The number of aromatic nitrogens is 1. The van der Waals surface area contributed by atoms with E-state index in [9.17, 15) is 0 Å². The molecule has 9 aromatic rings. The van der Waals surface area contributed by atoms with Gasteiger partial charge in [0.15, 0.2) is 0 Å². The Morgan fingerprint density at radius 2 is 1.12 bits per heavy atom. The quantitative estimate of drug-likeness (QED) is 0.170. The Morgan fingerprint density at radius 3 is 1.96 bits per heavy atom. The van der Waals surface area contributed by atoms with Crippen LogP contribution >= 0.6 is 0 Å². The van der Waals surface area contributed by atoms with Crippen molar-refractivity contribution < 1.29 is 0 Å². The highest BCUT2D eigenvalue weighted by molar-refractivity contribution is 6.11. The third-order valence-electron chi connectivity index (χ3n) is 10.5. The van der Waals surface area contributed by atoms with Gasteiger partial charge in [0.1, 0.15) is 0 Å². The largest absolute Gasteiger partial charge is 0.310 e. The van der Waals surface area contributed by atoms with Crippen molar-refractivity contribution in [3.8, 4) is 5.69 Å². The minimum Gasteiger partial charge on any atom is -0.310 e. The average Bonchev–Trinajstić information content (AvgIpc) is 3.54. The first kappa shape index (κ1) is 28.6. The predicted molar refractivity (Wildman–Crippen MR) is 212 cm³/mol. The summed E-state index contributed by atoms with van der Waals surface area (Å²) in [6, 6.07) is 64.3. The molecule has 236 valence electrons. The van der Waals surface area contributed by atoms with Gasteiger partial charge in [0, 0.05) is 34.1 Å². The summed E-state index contributed by atoms with van der Waals surface area (Å²) in [5.41, 5.74) is 9.87. The molecular weight excluding hydrogens is 605 g/mol. The molecule has 0 fully saturated rings. The molecule has 2 heteroatoms. The van der Waals surface area contributed by atoms with E-state index in [4.69, 9.17) is 0 Å². The van der Waals surface area contributed by atoms with Crippen LogP contribution in [0, 0.1) is 0 Å². The standard InChI is InChI=1S/C48H34N2/c1-3-16-37(17-4-1)49(40-28-29-42-36(32-40)26-25-33-13-7-9-21-41(33)42)39-20-11-15-35(31-39)44-23-12-24-45-48(44)47-43-22-10-8-14-34(43)27-30-46(47)50(45)38-18-5-2-6-19-38/h1-22,24-32,44H,23H2. The van der Waals surface area contributed by atoms with Crippen molar-refractivity contribution in [1.29, 1.82) is 0 Å². The summed E-state index contributed by atoms with van der Waals surface area (Å²) in [6.45, 7) is 0. The van der Waals surface area contributed by atoms with Gasteiger partial charge in [-0.1, -0.05) is 127 Å². The van der Waals surface area contributed by atoms with Crippen molar-refractivity contribution in [3.05, 3.63) is 199 Å². The minimum absolute atomic E-state index is 0.203. The van der Waals surface area contributed by atoms with E-state index in [1.807, 2.05) is 0 Å². The normalized spacial score (nSPS) is 14.0. The van der Waals surface area contributed by atoms with Gasteiger partial charge in [-0.2, -0.15) is 0 Å². The molecule has 1 aliphatic carbocycles. The first-order valence-corrected chi connectivity index (χ1v) is 17.5. The van der Waals surface area contributed by atoms with E-state index < -0.39 is 0 Å². The second kappa shape index (κ2) is 11.6. The van der Waals surface area contributed by atoms with Gasteiger partial charge >= 0.3 is 0 Å². The summed E-state index contributed by atoms with van der Waals surface area (Å²) in [5, 5.41) is 8.99. The maximum atomic E-state index is 2.46. The van der Waals surface area contributed by atoms with E-state index in [0.29, 0.717) is 0 Å². The van der Waals surface area contributed by atoms with Gasteiger partial charge in [-0.3, -0.25) is 0 Å². The lowest BCUT2D eigenvalue weighted by molar-refractivity contribution is 0.819. The van der Waals surface area contributed by atoms with Gasteiger partial charge in [-0.05, 0) is 111 Å². The molecule has 0 amide bonds. The summed E-state index contributed by atoms with van der Waals surface area (Å²) in [4.78, 5) is 2.40. The summed E-state index contributed by atoms with van der Waals surface area (Å²) in [6.07, 6.45) is 5.65. The molecule has 0 radical (unpaired) electrons. The third kappa shape index (κ3) is 4.57. The van der Waals surface area contributed by atoms with Crippen LogP contribution in [0.2, 0.25) is 0 Å². The maximum absolute atomic E-state index is 2.46. The number of allylic oxidation sites excluding steroid dienone is 1. The molecule has 0 saturated carbocycles. The second-order valence-electron chi connectivity index (χ2n) is 13.3. The molecule has 1 aliphatic rings. The summed E-state index contributed by atoms with van der Waals surface area (Å²) in [7, 11) is 0. The molecule has 0 bridgehead atoms. The molecule has 8 aromatic carbocycles. The molecular formula is C48H34N2. The maximum Gasteiger partial charge on any atom is 0.0544 e. The smallest absolute Gasteiger partial charge is 0.0544 e. The summed E-state index contributed by atoms with van der Waals surface area (Å²) < 4.78 is 2.46. The van der Waals surface area contributed by atoms with Crippen LogP contribution in [0.5, 0.6) is 0 Å². The highest BCUT2D eigenvalue weighted by atomic mass is 15.1. The van der Waals surface area contributed by atoms with Gasteiger partial charge < -0.3 is 9.47 Å². The zero-order valence-electron chi connectivity index (χ0n) is 27.6. The first-order chi connectivity index (χ1) is 24.8. The van der Waals surface area contributed by atoms with E-state index in [0.717, 1.165) is 23.5 Å². The molecule has 0 aliphatic heterocycles. The fraction of sp³-hybridized carbons (Fsp3) is 0.0417. The third-order valence-corrected chi connectivity index (χ3v) is 10.5. The van der Waals surface area contributed by atoms with Gasteiger partial charge in [0.05, 0.1) is 11.2 Å². The van der Waals surface area contributed by atoms with Gasteiger partial charge in [-0.15, -0.1) is 0 Å². The Bertz CT molecular complexity index is 2740. The Balaban J connectivity index is 1.16. The van der Waals surface area contributed by atoms with E-state index >= 15 is 0 Å². The number of para-hydroxylation sites is 2. The van der Waals surface area contributed by atoms with Crippen molar-refractivity contribution in [1.82, 2.24) is 4.57 Å². The van der Waals surface area contributed by atoms with Gasteiger partial charge in [-0.25, -0.2) is 0 Å². The number of fused-ring (bicyclic) bond motifs is 8. The number of nitrogens with zero attached hydrogens (tertiary/aromatic N) is 2. The molecule has 0 saturated heterocycles. The summed E-state index contributed by atoms with van der Waals surface area (Å²) in [5.74, 6) is 0.203. The SMILES string of the molecule is C1=Cc2c(c3c4ccccc4ccc3n2-c2ccccc2)C(c2cccc(N(c3ccccc3)c3ccc4c(ccc5ccccc54)c3)c2)C1. The molecule has 50 heavy (non-hydrogen) atoms. The monoisotopic (exact) mass is 638 g/mol. The summed E-state index contributed by atoms with van der Waals surface area (Å²) >= 11 is 0. The lowest BCUT2D eigenvalue weighted by Crippen LogP contribution is -2.12. The van der Waals surface area contributed by atoms with Crippen LogP contribution in [0.4, 0.5) is 17.1 Å². The molecule has 1 heterocycles. The number of benzene rings is 8. The van der Waals surface area contributed by atoms with Crippen molar-refractivity contribution in [2.75, 3.05) is 4.90 Å². The van der Waals surface area contributed by atoms with Crippen molar-refractivity contribution in [3.63, 3.8) is 0 Å². The lowest BCUT2D eigenvalue weighted by atomic mass is 9.82. The zero-order chi connectivity index (χ0) is 33.0. The Kier molecular flexibility index (Phi) is 6.67. The number of hydrogen-bond acceptors (Lipinski definition) is 1. The Morgan fingerprint density at radius 1 is 0.480 bits per heavy atom. The number of hydrogen-bond donors (Lipinski definition) is 0. The minimum atomic E-state index is 0.203. The van der Waals surface area contributed by atoms with Crippen LogP contribution in [-0.2, 0) is 0 Å². The second-order valence-corrected chi connectivity index (χ2v) is 13.3. The highest BCUT2D eigenvalue weighted by Gasteiger charge is 2.28. The molecule has 2 nitrogen and oxygen atoms in total. The first-order valence-electron chi connectivity index (χ1n) is 17.5. The zero-order valence-corrected chi connectivity index (χ0v) is 27.6. The topological polar surface area (TPSA) is 8.17 Å². The van der Waals surface area contributed by atoms with Crippen LogP contribution in [0.15, 0.2) is 182 Å². The Hall–Kier alpha value is -6.38. The van der Waals surface area contributed by atoms with Crippen LogP contribution < -0.4 is 4.90 Å². The van der Waals surface area contributed by atoms with E-state index in [2.05, 4.69) is 198 Å². The predicted octanol–water partition coefficient (Wildman–Crippen LogP) is 13.1. The molecule has 0 spiro atoms. The molecule has 1 unspecified atom stereocenters. The van der Waals surface area contributed by atoms with Crippen molar-refractivity contribution >= 4 is 66.4 Å². The van der Waals surface area contributed by atoms with E-state index in [1.54, 1.807) is 0 Å².